The van der Waals surface area contributed by atoms with Crippen LogP contribution in [0.25, 0.3) is 0 Å². The summed E-state index contributed by atoms with van der Waals surface area (Å²) in [6.45, 7) is 2.27. The topological polar surface area (TPSA) is 68.1 Å². The lowest BCUT2D eigenvalue weighted by Gasteiger charge is -2.23. The summed E-state index contributed by atoms with van der Waals surface area (Å²) in [6.07, 6.45) is 7.83. The Labute approximate surface area is 107 Å². The van der Waals surface area contributed by atoms with E-state index in [0.29, 0.717) is 12.0 Å². The van der Waals surface area contributed by atoms with Crippen LogP contribution in [0.15, 0.2) is 18.3 Å². The van der Waals surface area contributed by atoms with E-state index in [-0.39, 0.29) is 5.82 Å². The van der Waals surface area contributed by atoms with Gasteiger partial charge in [0.05, 0.1) is 5.69 Å². The van der Waals surface area contributed by atoms with Crippen LogP contribution < -0.4 is 5.32 Å². The van der Waals surface area contributed by atoms with Crippen LogP contribution in [0.1, 0.15) is 39.0 Å². The lowest BCUT2D eigenvalue weighted by molar-refractivity contribution is -0.389. The van der Waals surface area contributed by atoms with E-state index in [4.69, 9.17) is 0 Å². The summed E-state index contributed by atoms with van der Waals surface area (Å²) in [5.41, 5.74) is 0.874. The van der Waals surface area contributed by atoms with Gasteiger partial charge in [0.15, 0.2) is 6.20 Å². The minimum absolute atomic E-state index is 0.102. The number of hydrogen-bond donors (Lipinski definition) is 1. The molecule has 5 heteroatoms. The molecule has 2 unspecified atom stereocenters. The van der Waals surface area contributed by atoms with E-state index in [0.717, 1.165) is 12.1 Å². The van der Waals surface area contributed by atoms with Crippen molar-refractivity contribution in [3.8, 4) is 0 Å². The van der Waals surface area contributed by atoms with Gasteiger partial charge in [-0.25, -0.2) is 0 Å². The van der Waals surface area contributed by atoms with E-state index in [1.54, 1.807) is 12.3 Å². The average Bonchev–Trinajstić information content (AvgIpc) is 2.56. The van der Waals surface area contributed by atoms with E-state index >= 15 is 0 Å². The first-order valence-electron chi connectivity index (χ1n) is 6.54. The van der Waals surface area contributed by atoms with Crippen molar-refractivity contribution in [3.05, 3.63) is 28.4 Å². The van der Waals surface area contributed by atoms with Gasteiger partial charge in [0.25, 0.3) is 0 Å². The zero-order chi connectivity index (χ0) is 13.0. The molecular weight excluding hydrogens is 230 g/mol. The molecule has 1 aromatic rings. The summed E-state index contributed by atoms with van der Waals surface area (Å²) in [4.78, 5) is 13.9. The molecule has 98 valence electrons. The number of rotatable bonds is 3. The van der Waals surface area contributed by atoms with Crippen LogP contribution in [-0.2, 0) is 0 Å². The summed E-state index contributed by atoms with van der Waals surface area (Å²) < 4.78 is 0. The van der Waals surface area contributed by atoms with Crippen LogP contribution in [-0.4, -0.2) is 15.9 Å². The molecule has 1 fully saturated rings. The normalized spacial score (nSPS) is 24.3. The van der Waals surface area contributed by atoms with Crippen molar-refractivity contribution >= 4 is 11.5 Å². The summed E-state index contributed by atoms with van der Waals surface area (Å²) in [7, 11) is 0. The Balaban J connectivity index is 2.01. The summed E-state index contributed by atoms with van der Waals surface area (Å²) in [6, 6.07) is 3.64. The second-order valence-electron chi connectivity index (χ2n) is 5.03. The Morgan fingerprint density at radius 3 is 2.78 bits per heavy atom. The van der Waals surface area contributed by atoms with Crippen LogP contribution in [0.3, 0.4) is 0 Å². The molecule has 2 rings (SSSR count). The fraction of sp³-hybridized carbons (Fsp3) is 0.615. The maximum Gasteiger partial charge on any atom is 0.363 e. The number of aromatic nitrogens is 1. The zero-order valence-corrected chi connectivity index (χ0v) is 10.6. The Hall–Kier alpha value is -1.65. The highest BCUT2D eigenvalue weighted by Crippen LogP contribution is 2.26. The number of nitrogens with one attached hydrogen (secondary N) is 1. The standard InChI is InChI=1S/C13H19N3O2/c1-10-5-3-2-4-6-12(10)15-11-7-8-13(14-9-11)16(17)18/h7-10,12,15H,2-6H2,1H3. The van der Waals surface area contributed by atoms with E-state index in [1.807, 2.05) is 0 Å². The largest absolute Gasteiger partial charge is 0.379 e. The van der Waals surface area contributed by atoms with Crippen molar-refractivity contribution in [2.75, 3.05) is 5.32 Å². The molecule has 1 saturated carbocycles. The maximum absolute atomic E-state index is 10.5. The van der Waals surface area contributed by atoms with Gasteiger partial charge in [-0.05, 0) is 34.7 Å². The minimum atomic E-state index is -0.474. The molecule has 0 spiro atoms. The number of nitro groups is 1. The van der Waals surface area contributed by atoms with Gasteiger partial charge in [-0.1, -0.05) is 26.2 Å². The highest BCUT2D eigenvalue weighted by atomic mass is 16.6. The molecule has 1 aromatic heterocycles. The van der Waals surface area contributed by atoms with Crippen LogP contribution in [0.4, 0.5) is 11.5 Å². The second kappa shape index (κ2) is 5.80. The third kappa shape index (κ3) is 3.18. The highest BCUT2D eigenvalue weighted by Gasteiger charge is 2.20. The number of pyridine rings is 1. The van der Waals surface area contributed by atoms with Crippen molar-refractivity contribution in [2.24, 2.45) is 5.92 Å². The van der Waals surface area contributed by atoms with Gasteiger partial charge in [-0.2, -0.15) is 0 Å². The predicted octanol–water partition coefficient (Wildman–Crippen LogP) is 3.37. The van der Waals surface area contributed by atoms with E-state index in [1.165, 1.54) is 31.7 Å². The summed E-state index contributed by atoms with van der Waals surface area (Å²) in [5, 5.41) is 14.0. The van der Waals surface area contributed by atoms with Crippen LogP contribution in [0.2, 0.25) is 0 Å². The number of anilines is 1. The highest BCUT2D eigenvalue weighted by molar-refractivity contribution is 5.44. The SMILES string of the molecule is CC1CCCCCC1Nc1ccc([N+](=O)[O-])nc1. The molecule has 1 N–H and O–H groups in total. The van der Waals surface area contributed by atoms with E-state index < -0.39 is 4.92 Å². The molecule has 1 aliphatic rings. The maximum atomic E-state index is 10.5. The van der Waals surface area contributed by atoms with Crippen LogP contribution in [0, 0.1) is 16.0 Å². The van der Waals surface area contributed by atoms with E-state index in [9.17, 15) is 10.1 Å². The molecule has 0 saturated heterocycles. The molecular formula is C13H19N3O2. The molecule has 0 amide bonds. The van der Waals surface area contributed by atoms with Crippen molar-refractivity contribution in [2.45, 2.75) is 45.1 Å². The Morgan fingerprint density at radius 2 is 2.11 bits per heavy atom. The third-order valence-corrected chi connectivity index (χ3v) is 3.65. The molecule has 0 aromatic carbocycles. The van der Waals surface area contributed by atoms with Gasteiger partial charge in [-0.15, -0.1) is 0 Å². The van der Waals surface area contributed by atoms with Crippen molar-refractivity contribution < 1.29 is 4.92 Å². The van der Waals surface area contributed by atoms with Crippen molar-refractivity contribution in [1.82, 2.24) is 4.98 Å². The lowest BCUT2D eigenvalue weighted by atomic mass is 9.97. The number of hydrogen-bond acceptors (Lipinski definition) is 4. The molecule has 18 heavy (non-hydrogen) atoms. The average molecular weight is 249 g/mol. The fourth-order valence-corrected chi connectivity index (χ4v) is 2.50. The van der Waals surface area contributed by atoms with Gasteiger partial charge >= 0.3 is 5.82 Å². The van der Waals surface area contributed by atoms with Gasteiger partial charge in [0, 0.05) is 12.1 Å². The molecule has 1 aliphatic carbocycles. The Kier molecular flexibility index (Phi) is 4.12. The number of nitrogens with zero attached hydrogens (tertiary/aromatic N) is 2. The molecule has 5 nitrogen and oxygen atoms in total. The molecule has 0 aliphatic heterocycles. The zero-order valence-electron chi connectivity index (χ0n) is 10.6. The van der Waals surface area contributed by atoms with Crippen molar-refractivity contribution in [1.29, 1.82) is 0 Å². The summed E-state index contributed by atoms with van der Waals surface area (Å²) >= 11 is 0. The Bertz CT molecular complexity index is 405. The molecule has 2 atom stereocenters. The predicted molar refractivity (Wildman–Crippen MR) is 70.6 cm³/mol. The third-order valence-electron chi connectivity index (χ3n) is 3.65. The smallest absolute Gasteiger partial charge is 0.363 e. The Morgan fingerprint density at radius 1 is 1.33 bits per heavy atom. The summed E-state index contributed by atoms with van der Waals surface area (Å²) in [5.74, 6) is 0.539. The van der Waals surface area contributed by atoms with Crippen LogP contribution >= 0.6 is 0 Å². The van der Waals surface area contributed by atoms with Gasteiger partial charge < -0.3 is 15.4 Å². The first-order valence-corrected chi connectivity index (χ1v) is 6.54. The van der Waals surface area contributed by atoms with E-state index in [2.05, 4.69) is 17.2 Å². The molecule has 0 radical (unpaired) electrons. The minimum Gasteiger partial charge on any atom is -0.379 e. The molecule has 0 bridgehead atoms. The quantitative estimate of drug-likeness (QED) is 0.506. The van der Waals surface area contributed by atoms with Crippen LogP contribution in [0.5, 0.6) is 0 Å². The second-order valence-corrected chi connectivity index (χ2v) is 5.03. The van der Waals surface area contributed by atoms with Gasteiger partial charge in [-0.3, -0.25) is 0 Å². The van der Waals surface area contributed by atoms with Gasteiger partial charge in [0.1, 0.15) is 0 Å². The monoisotopic (exact) mass is 249 g/mol. The fourth-order valence-electron chi connectivity index (χ4n) is 2.50. The lowest BCUT2D eigenvalue weighted by Crippen LogP contribution is -2.26. The van der Waals surface area contributed by atoms with Crippen molar-refractivity contribution in [3.63, 3.8) is 0 Å². The van der Waals surface area contributed by atoms with Gasteiger partial charge in [0.2, 0.25) is 0 Å². The first kappa shape index (κ1) is 12.8. The first-order chi connectivity index (χ1) is 8.66. The molecule has 1 heterocycles.